The molecule has 1 aromatic carbocycles. The van der Waals surface area contributed by atoms with E-state index in [1.54, 1.807) is 6.92 Å². The summed E-state index contributed by atoms with van der Waals surface area (Å²) in [5, 5.41) is 0. The van der Waals surface area contributed by atoms with E-state index in [0.29, 0.717) is 0 Å². The maximum Gasteiger partial charge on any atom is 0.342 e. The molecule has 0 heterocycles. The van der Waals surface area contributed by atoms with Crippen LogP contribution in [0.5, 0.6) is 5.75 Å². The van der Waals surface area contributed by atoms with E-state index in [1.165, 1.54) is 19.2 Å². The van der Waals surface area contributed by atoms with Gasteiger partial charge in [0.1, 0.15) is 0 Å². The number of alkyl halides is 1. The van der Waals surface area contributed by atoms with Crippen molar-refractivity contribution in [1.82, 2.24) is 0 Å². The van der Waals surface area contributed by atoms with E-state index in [0.717, 1.165) is 6.07 Å². The summed E-state index contributed by atoms with van der Waals surface area (Å²) in [5.74, 6) is -1.91. The van der Waals surface area contributed by atoms with Gasteiger partial charge in [-0.25, -0.2) is 13.6 Å². The Morgan fingerprint density at radius 2 is 2.17 bits per heavy atom. The molecule has 0 amide bonds. The van der Waals surface area contributed by atoms with E-state index in [2.05, 4.69) is 4.74 Å². The first kappa shape index (κ1) is 14.4. The number of rotatable bonds is 5. The van der Waals surface area contributed by atoms with Gasteiger partial charge in [-0.1, -0.05) is 12.1 Å². The summed E-state index contributed by atoms with van der Waals surface area (Å²) in [4.78, 5) is 11.2. The molecule has 0 fully saturated rings. The predicted octanol–water partition coefficient (Wildman–Crippen LogP) is 1.74. The number of hydrogen-bond donors (Lipinski definition) is 1. The first-order valence-corrected chi connectivity index (χ1v) is 5.41. The number of benzene rings is 1. The van der Waals surface area contributed by atoms with Gasteiger partial charge >= 0.3 is 5.97 Å². The summed E-state index contributed by atoms with van der Waals surface area (Å²) in [6, 6.07) is 2.59. The Kier molecular flexibility index (Phi) is 5.03. The second-order valence-corrected chi connectivity index (χ2v) is 3.54. The molecule has 18 heavy (non-hydrogen) atoms. The van der Waals surface area contributed by atoms with E-state index < -0.39 is 24.0 Å². The van der Waals surface area contributed by atoms with Gasteiger partial charge in [0.15, 0.2) is 11.6 Å². The minimum Gasteiger partial charge on any atom is -0.493 e. The zero-order chi connectivity index (χ0) is 13.7. The topological polar surface area (TPSA) is 61.5 Å². The summed E-state index contributed by atoms with van der Waals surface area (Å²) in [5.41, 5.74) is 5.67. The van der Waals surface area contributed by atoms with Gasteiger partial charge in [-0.2, -0.15) is 0 Å². The lowest BCUT2D eigenvalue weighted by molar-refractivity contribution is -0.149. The highest BCUT2D eigenvalue weighted by Gasteiger charge is 2.30. The lowest BCUT2D eigenvalue weighted by Gasteiger charge is -2.18. The van der Waals surface area contributed by atoms with Gasteiger partial charge in [0.25, 0.3) is 0 Å². The quantitative estimate of drug-likeness (QED) is 0.818. The molecule has 0 aliphatic heterocycles. The Balaban J connectivity index is 2.99. The van der Waals surface area contributed by atoms with Crippen LogP contribution in [-0.4, -0.2) is 25.9 Å². The SMILES string of the molecule is CCOC(=O)C(F)[C@@H](N)c1cccc(F)c1OC. The van der Waals surface area contributed by atoms with Crippen LogP contribution in [0.2, 0.25) is 0 Å². The van der Waals surface area contributed by atoms with Crippen LogP contribution >= 0.6 is 0 Å². The van der Waals surface area contributed by atoms with Crippen LogP contribution < -0.4 is 10.5 Å². The third-order valence-electron chi connectivity index (χ3n) is 2.39. The van der Waals surface area contributed by atoms with Crippen LogP contribution in [-0.2, 0) is 9.53 Å². The van der Waals surface area contributed by atoms with E-state index in [9.17, 15) is 13.6 Å². The Hall–Kier alpha value is -1.69. The molecule has 6 heteroatoms. The second kappa shape index (κ2) is 6.30. The molecule has 0 bridgehead atoms. The summed E-state index contributed by atoms with van der Waals surface area (Å²) < 4.78 is 36.5. The Bertz CT molecular complexity index is 426. The normalized spacial score (nSPS) is 13.8. The average molecular weight is 259 g/mol. The van der Waals surface area contributed by atoms with Gasteiger partial charge in [-0.05, 0) is 13.0 Å². The van der Waals surface area contributed by atoms with Crippen molar-refractivity contribution in [3.8, 4) is 5.75 Å². The van der Waals surface area contributed by atoms with Crippen molar-refractivity contribution in [2.75, 3.05) is 13.7 Å². The van der Waals surface area contributed by atoms with Gasteiger partial charge in [0.05, 0.1) is 19.8 Å². The molecular formula is C12H15F2NO3. The molecule has 2 N–H and O–H groups in total. The summed E-state index contributed by atoms with van der Waals surface area (Å²) in [7, 11) is 1.24. The van der Waals surface area contributed by atoms with Gasteiger partial charge in [-0.3, -0.25) is 0 Å². The molecule has 100 valence electrons. The average Bonchev–Trinajstić information content (AvgIpc) is 2.37. The highest BCUT2D eigenvalue weighted by Crippen LogP contribution is 2.29. The summed E-state index contributed by atoms with van der Waals surface area (Å²) in [6.07, 6.45) is -2.07. The van der Waals surface area contributed by atoms with E-state index in [-0.39, 0.29) is 17.9 Å². The molecule has 0 saturated heterocycles. The molecule has 1 rings (SSSR count). The zero-order valence-electron chi connectivity index (χ0n) is 10.2. The molecule has 0 aromatic heterocycles. The lowest BCUT2D eigenvalue weighted by atomic mass is 10.0. The highest BCUT2D eigenvalue weighted by atomic mass is 19.1. The van der Waals surface area contributed by atoms with Crippen LogP contribution in [0.3, 0.4) is 0 Å². The second-order valence-electron chi connectivity index (χ2n) is 3.54. The third kappa shape index (κ3) is 2.95. The van der Waals surface area contributed by atoms with Crippen LogP contribution in [0.25, 0.3) is 0 Å². The fourth-order valence-corrected chi connectivity index (χ4v) is 1.53. The lowest BCUT2D eigenvalue weighted by Crippen LogP contribution is -2.31. The molecule has 0 aliphatic carbocycles. The minimum atomic E-state index is -2.07. The Morgan fingerprint density at radius 1 is 1.50 bits per heavy atom. The van der Waals surface area contributed by atoms with Crippen molar-refractivity contribution in [1.29, 1.82) is 0 Å². The Morgan fingerprint density at radius 3 is 2.72 bits per heavy atom. The molecule has 0 spiro atoms. The highest BCUT2D eigenvalue weighted by molar-refractivity contribution is 5.76. The van der Waals surface area contributed by atoms with Gasteiger partial charge in [-0.15, -0.1) is 0 Å². The summed E-state index contributed by atoms with van der Waals surface area (Å²) >= 11 is 0. The molecule has 2 atom stereocenters. The van der Waals surface area contributed by atoms with Crippen molar-refractivity contribution in [3.63, 3.8) is 0 Å². The smallest absolute Gasteiger partial charge is 0.342 e. The molecule has 4 nitrogen and oxygen atoms in total. The van der Waals surface area contributed by atoms with Crippen molar-refractivity contribution < 1.29 is 23.0 Å². The molecule has 0 aliphatic rings. The summed E-state index contributed by atoms with van der Waals surface area (Å²) in [6.45, 7) is 1.60. The molecular weight excluding hydrogens is 244 g/mol. The molecule has 1 unspecified atom stereocenters. The third-order valence-corrected chi connectivity index (χ3v) is 2.39. The fraction of sp³-hybridized carbons (Fsp3) is 0.417. The molecule has 0 saturated carbocycles. The standard InChI is InChI=1S/C12H15F2NO3/c1-3-18-12(16)9(14)10(15)7-5-4-6-8(13)11(7)17-2/h4-6,9-10H,3,15H2,1-2H3/t9?,10-/m0/s1. The number of ether oxygens (including phenoxy) is 2. The number of methoxy groups -OCH3 is 1. The molecule has 0 radical (unpaired) electrons. The van der Waals surface area contributed by atoms with Crippen LogP contribution in [0.1, 0.15) is 18.5 Å². The van der Waals surface area contributed by atoms with Gasteiger partial charge < -0.3 is 15.2 Å². The van der Waals surface area contributed by atoms with Gasteiger partial charge in [0, 0.05) is 5.56 Å². The van der Waals surface area contributed by atoms with Crippen LogP contribution in [0.4, 0.5) is 8.78 Å². The predicted molar refractivity (Wildman–Crippen MR) is 61.4 cm³/mol. The first-order chi connectivity index (χ1) is 8.52. The fourth-order valence-electron chi connectivity index (χ4n) is 1.53. The van der Waals surface area contributed by atoms with Crippen molar-refractivity contribution in [2.45, 2.75) is 19.1 Å². The maximum absolute atomic E-state index is 13.7. The largest absolute Gasteiger partial charge is 0.493 e. The van der Waals surface area contributed by atoms with E-state index in [1.807, 2.05) is 0 Å². The van der Waals surface area contributed by atoms with Gasteiger partial charge in [0.2, 0.25) is 6.17 Å². The number of nitrogens with two attached hydrogens (primary N) is 1. The number of esters is 1. The van der Waals surface area contributed by atoms with Crippen LogP contribution in [0, 0.1) is 5.82 Å². The number of para-hydroxylation sites is 1. The molecule has 1 aromatic rings. The first-order valence-electron chi connectivity index (χ1n) is 5.41. The van der Waals surface area contributed by atoms with Crippen LogP contribution in [0.15, 0.2) is 18.2 Å². The number of carbonyl (C=O) groups excluding carboxylic acids is 1. The minimum absolute atomic E-state index is 0.0479. The zero-order valence-corrected chi connectivity index (χ0v) is 10.2. The van der Waals surface area contributed by atoms with Crippen molar-refractivity contribution in [2.24, 2.45) is 5.73 Å². The van der Waals surface area contributed by atoms with E-state index in [4.69, 9.17) is 10.5 Å². The monoisotopic (exact) mass is 259 g/mol. The van der Waals surface area contributed by atoms with Crippen molar-refractivity contribution >= 4 is 5.97 Å². The number of hydrogen-bond acceptors (Lipinski definition) is 4. The Labute approximate surface area is 104 Å². The van der Waals surface area contributed by atoms with Crippen molar-refractivity contribution in [3.05, 3.63) is 29.6 Å². The maximum atomic E-state index is 13.7. The number of halogens is 2. The number of carbonyl (C=O) groups is 1. The van der Waals surface area contributed by atoms with E-state index >= 15 is 0 Å².